The van der Waals surface area contributed by atoms with E-state index in [0.717, 1.165) is 4.88 Å². The van der Waals surface area contributed by atoms with Crippen LogP contribution in [0, 0.1) is 0 Å². The number of carbonyl (C=O) groups excluding carboxylic acids is 1. The molecule has 108 valence electrons. The van der Waals surface area contributed by atoms with Crippen LogP contribution in [0.3, 0.4) is 0 Å². The lowest BCUT2D eigenvalue weighted by molar-refractivity contribution is 0.0519. The van der Waals surface area contributed by atoms with Crippen LogP contribution in [0.4, 0.5) is 4.79 Å². The zero-order valence-corrected chi connectivity index (χ0v) is 12.8. The molecule has 0 fully saturated rings. The number of nitrogens with one attached hydrogen (secondary N) is 1. The third kappa shape index (κ3) is 4.21. The fraction of sp³-hybridized carbons (Fsp3) is 0.417. The van der Waals surface area contributed by atoms with Crippen LogP contribution in [0.1, 0.15) is 26.7 Å². The van der Waals surface area contributed by atoms with Gasteiger partial charge < -0.3 is 14.5 Å². The first kappa shape index (κ1) is 14.8. The third-order valence-electron chi connectivity index (χ3n) is 2.03. The minimum Gasteiger partial charge on any atom is -0.444 e. The van der Waals surface area contributed by atoms with Crippen molar-refractivity contribution in [1.29, 1.82) is 0 Å². The number of amides is 1. The summed E-state index contributed by atoms with van der Waals surface area (Å²) in [5.74, 6) is 0.679. The number of thiophene rings is 1. The molecule has 6 nitrogen and oxygen atoms in total. The standard InChI is InChI=1S/C12H14ClN3O3S/c1-12(2,3)19-11(17)14-6-9-15-16-10(18-9)7-4-5-8(13)20-7/h4-5H,6H2,1-3H3,(H,14,17). The average Bonchev–Trinajstić information content (AvgIpc) is 2.92. The van der Waals surface area contributed by atoms with Gasteiger partial charge in [-0.25, -0.2) is 4.79 Å². The quantitative estimate of drug-likeness (QED) is 0.938. The maximum atomic E-state index is 11.5. The molecule has 0 aliphatic rings. The Balaban J connectivity index is 1.92. The number of aromatic nitrogens is 2. The fourth-order valence-corrected chi connectivity index (χ4v) is 2.28. The summed E-state index contributed by atoms with van der Waals surface area (Å²) in [6.07, 6.45) is -0.531. The van der Waals surface area contributed by atoms with Gasteiger partial charge in [-0.3, -0.25) is 0 Å². The zero-order chi connectivity index (χ0) is 14.8. The summed E-state index contributed by atoms with van der Waals surface area (Å²) in [5, 5.41) is 10.3. The normalized spacial score (nSPS) is 11.4. The lowest BCUT2D eigenvalue weighted by Crippen LogP contribution is -2.32. The summed E-state index contributed by atoms with van der Waals surface area (Å²) >= 11 is 7.18. The van der Waals surface area contributed by atoms with Crippen LogP contribution in [-0.2, 0) is 11.3 Å². The van der Waals surface area contributed by atoms with Crippen molar-refractivity contribution in [3.8, 4) is 10.8 Å². The summed E-state index contributed by atoms with van der Waals surface area (Å²) in [5.41, 5.74) is -0.544. The van der Waals surface area contributed by atoms with Gasteiger partial charge in [0.25, 0.3) is 5.89 Å². The molecule has 0 aromatic carbocycles. The van der Waals surface area contributed by atoms with E-state index in [1.807, 2.05) is 0 Å². The minimum absolute atomic E-state index is 0.112. The van der Waals surface area contributed by atoms with Crippen LogP contribution in [0.5, 0.6) is 0 Å². The second kappa shape index (κ2) is 5.80. The molecule has 8 heteroatoms. The van der Waals surface area contributed by atoms with Gasteiger partial charge in [-0.2, -0.15) is 0 Å². The van der Waals surface area contributed by atoms with Crippen LogP contribution in [-0.4, -0.2) is 21.9 Å². The molecule has 0 aliphatic heterocycles. The fourth-order valence-electron chi connectivity index (χ4n) is 1.32. The Bertz CT molecular complexity index is 603. The molecule has 0 saturated heterocycles. The molecule has 0 aliphatic carbocycles. The van der Waals surface area contributed by atoms with Crippen LogP contribution in [0.15, 0.2) is 16.5 Å². The van der Waals surface area contributed by atoms with Crippen LogP contribution in [0.2, 0.25) is 4.34 Å². The summed E-state index contributed by atoms with van der Waals surface area (Å²) in [6.45, 7) is 5.48. The van der Waals surface area contributed by atoms with Gasteiger partial charge in [0.15, 0.2) is 0 Å². The van der Waals surface area contributed by atoms with Crippen molar-refractivity contribution in [1.82, 2.24) is 15.5 Å². The van der Waals surface area contributed by atoms with Crippen molar-refractivity contribution in [2.75, 3.05) is 0 Å². The Morgan fingerprint density at radius 3 is 2.80 bits per heavy atom. The molecule has 2 aromatic heterocycles. The molecule has 0 atom stereocenters. The molecule has 20 heavy (non-hydrogen) atoms. The zero-order valence-electron chi connectivity index (χ0n) is 11.3. The van der Waals surface area contributed by atoms with Gasteiger partial charge in [0, 0.05) is 0 Å². The number of alkyl carbamates (subject to hydrolysis) is 1. The second-order valence-corrected chi connectivity index (χ2v) is 6.68. The number of rotatable bonds is 3. The average molecular weight is 316 g/mol. The van der Waals surface area contributed by atoms with E-state index in [0.29, 0.717) is 16.1 Å². The van der Waals surface area contributed by atoms with Gasteiger partial charge in [-0.15, -0.1) is 21.5 Å². The first-order valence-electron chi connectivity index (χ1n) is 5.88. The van der Waals surface area contributed by atoms with Crippen molar-refractivity contribution in [3.05, 3.63) is 22.4 Å². The molecule has 0 saturated carbocycles. The highest BCUT2D eigenvalue weighted by molar-refractivity contribution is 7.19. The van der Waals surface area contributed by atoms with E-state index in [1.165, 1.54) is 11.3 Å². The minimum atomic E-state index is -0.544. The number of hydrogen-bond donors (Lipinski definition) is 1. The molecule has 1 amide bonds. The molecular weight excluding hydrogens is 302 g/mol. The Kier molecular flexibility index (Phi) is 4.29. The summed E-state index contributed by atoms with van der Waals surface area (Å²) in [7, 11) is 0. The van der Waals surface area contributed by atoms with Crippen molar-refractivity contribution >= 4 is 29.0 Å². The smallest absolute Gasteiger partial charge is 0.408 e. The van der Waals surface area contributed by atoms with Crippen molar-refractivity contribution in [3.63, 3.8) is 0 Å². The molecule has 1 N–H and O–H groups in total. The SMILES string of the molecule is CC(C)(C)OC(=O)NCc1nnc(-c2ccc(Cl)s2)o1. The van der Waals surface area contributed by atoms with Gasteiger partial charge >= 0.3 is 6.09 Å². The summed E-state index contributed by atoms with van der Waals surface area (Å²) in [4.78, 5) is 12.3. The molecule has 0 spiro atoms. The molecule has 2 rings (SSSR count). The second-order valence-electron chi connectivity index (χ2n) is 4.96. The number of halogens is 1. The predicted molar refractivity (Wildman–Crippen MR) is 75.7 cm³/mol. The van der Waals surface area contributed by atoms with E-state index >= 15 is 0 Å². The van der Waals surface area contributed by atoms with E-state index in [2.05, 4.69) is 15.5 Å². The Hall–Kier alpha value is -1.60. The maximum Gasteiger partial charge on any atom is 0.408 e. The van der Waals surface area contributed by atoms with Gasteiger partial charge in [0.2, 0.25) is 5.89 Å². The molecular formula is C12H14ClN3O3S. The lowest BCUT2D eigenvalue weighted by atomic mass is 10.2. The number of nitrogens with zero attached hydrogens (tertiary/aromatic N) is 2. The van der Waals surface area contributed by atoms with Crippen LogP contribution < -0.4 is 5.32 Å². The Labute approximate surface area is 125 Å². The van der Waals surface area contributed by atoms with E-state index in [9.17, 15) is 4.79 Å². The van der Waals surface area contributed by atoms with E-state index in [-0.39, 0.29) is 6.54 Å². The molecule has 0 radical (unpaired) electrons. The number of carbonyl (C=O) groups is 1. The van der Waals surface area contributed by atoms with Gasteiger partial charge in [-0.05, 0) is 32.9 Å². The topological polar surface area (TPSA) is 77.2 Å². The maximum absolute atomic E-state index is 11.5. The summed E-state index contributed by atoms with van der Waals surface area (Å²) < 4.78 is 11.2. The third-order valence-corrected chi connectivity index (χ3v) is 3.25. The number of hydrogen-bond acceptors (Lipinski definition) is 6. The highest BCUT2D eigenvalue weighted by Gasteiger charge is 2.17. The van der Waals surface area contributed by atoms with Crippen molar-refractivity contribution < 1.29 is 13.9 Å². The Morgan fingerprint density at radius 2 is 2.20 bits per heavy atom. The van der Waals surface area contributed by atoms with E-state index < -0.39 is 11.7 Å². The van der Waals surface area contributed by atoms with E-state index in [1.54, 1.807) is 32.9 Å². The van der Waals surface area contributed by atoms with Gasteiger partial charge in [-0.1, -0.05) is 11.6 Å². The monoisotopic (exact) mass is 315 g/mol. The van der Waals surface area contributed by atoms with Crippen LogP contribution >= 0.6 is 22.9 Å². The number of ether oxygens (including phenoxy) is 1. The van der Waals surface area contributed by atoms with Gasteiger partial charge in [0.1, 0.15) is 5.60 Å². The first-order chi connectivity index (χ1) is 9.33. The lowest BCUT2D eigenvalue weighted by Gasteiger charge is -2.19. The van der Waals surface area contributed by atoms with Crippen LogP contribution in [0.25, 0.3) is 10.8 Å². The molecule has 0 bridgehead atoms. The largest absolute Gasteiger partial charge is 0.444 e. The van der Waals surface area contributed by atoms with Gasteiger partial charge in [0.05, 0.1) is 15.8 Å². The summed E-state index contributed by atoms with van der Waals surface area (Å²) in [6, 6.07) is 3.55. The highest BCUT2D eigenvalue weighted by Crippen LogP contribution is 2.29. The highest BCUT2D eigenvalue weighted by atomic mass is 35.5. The van der Waals surface area contributed by atoms with Crippen molar-refractivity contribution in [2.45, 2.75) is 32.9 Å². The molecule has 0 unspecified atom stereocenters. The van der Waals surface area contributed by atoms with Crippen molar-refractivity contribution in [2.24, 2.45) is 0 Å². The van der Waals surface area contributed by atoms with E-state index in [4.69, 9.17) is 20.8 Å². The predicted octanol–water partition coefficient (Wildman–Crippen LogP) is 3.48. The first-order valence-corrected chi connectivity index (χ1v) is 7.08. The molecule has 2 aromatic rings. The Morgan fingerprint density at radius 1 is 1.45 bits per heavy atom. The molecule has 2 heterocycles.